The van der Waals surface area contributed by atoms with Gasteiger partial charge in [-0.3, -0.25) is 0 Å². The Kier molecular flexibility index (Phi) is 4.50. The third-order valence-electron chi connectivity index (χ3n) is 3.76. The Morgan fingerprint density at radius 2 is 1.65 bits per heavy atom. The van der Waals surface area contributed by atoms with Crippen molar-refractivity contribution in [3.8, 4) is 22.5 Å². The lowest BCUT2D eigenvalue weighted by Crippen LogP contribution is -2.14. The van der Waals surface area contributed by atoms with Crippen molar-refractivity contribution in [1.82, 2.24) is 15.0 Å². The third-order valence-corrected chi connectivity index (χ3v) is 3.76. The number of halogens is 3. The van der Waals surface area contributed by atoms with Gasteiger partial charge in [-0.1, -0.05) is 24.3 Å². The highest BCUT2D eigenvalue weighted by atomic mass is 19.4. The summed E-state index contributed by atoms with van der Waals surface area (Å²) in [4.78, 5) is 23.3. The number of anilines is 1. The molecule has 134 valence electrons. The number of hydrogen-bond acceptors (Lipinski definition) is 4. The van der Waals surface area contributed by atoms with E-state index < -0.39 is 17.4 Å². The van der Waals surface area contributed by atoms with E-state index in [1.807, 2.05) is 0 Å². The second-order valence-corrected chi connectivity index (χ2v) is 5.86. The molecule has 2 heterocycles. The molecule has 8 heteroatoms. The summed E-state index contributed by atoms with van der Waals surface area (Å²) in [7, 11) is 3.27. The van der Waals surface area contributed by atoms with Gasteiger partial charge in [0.2, 0.25) is 0 Å². The molecule has 0 radical (unpaired) electrons. The topological polar surface area (TPSA) is 61.9 Å². The van der Waals surface area contributed by atoms with Crippen LogP contribution in [0.4, 0.5) is 19.0 Å². The molecule has 3 rings (SSSR count). The number of nitrogens with one attached hydrogen (secondary N) is 1. The van der Waals surface area contributed by atoms with E-state index in [9.17, 15) is 18.0 Å². The highest BCUT2D eigenvalue weighted by Gasteiger charge is 2.32. The first-order valence-corrected chi connectivity index (χ1v) is 7.67. The van der Waals surface area contributed by atoms with E-state index in [-0.39, 0.29) is 11.5 Å². The standard InChI is InChI=1S/C18H15F3N4O/c1-25(2)16-10-13(18(19,20)21)9-15(23-16)12-5-3-11(4-6-12)14-7-8-22-17(26)24-14/h3-10H,1-2H3,(H,22,24,26). The van der Waals surface area contributed by atoms with Crippen molar-refractivity contribution in [1.29, 1.82) is 0 Å². The Morgan fingerprint density at radius 1 is 1.00 bits per heavy atom. The second-order valence-electron chi connectivity index (χ2n) is 5.86. The van der Waals surface area contributed by atoms with E-state index in [4.69, 9.17) is 0 Å². The predicted molar refractivity (Wildman–Crippen MR) is 92.9 cm³/mol. The van der Waals surface area contributed by atoms with E-state index in [0.717, 1.165) is 12.1 Å². The van der Waals surface area contributed by atoms with E-state index in [2.05, 4.69) is 15.0 Å². The summed E-state index contributed by atoms with van der Waals surface area (Å²) >= 11 is 0. The van der Waals surface area contributed by atoms with Crippen LogP contribution >= 0.6 is 0 Å². The Balaban J connectivity index is 2.03. The highest BCUT2D eigenvalue weighted by molar-refractivity contribution is 5.68. The average Bonchev–Trinajstić information content (AvgIpc) is 2.61. The van der Waals surface area contributed by atoms with Gasteiger partial charge in [-0.05, 0) is 23.8 Å². The number of hydrogen-bond donors (Lipinski definition) is 1. The lowest BCUT2D eigenvalue weighted by atomic mass is 10.0. The third kappa shape index (κ3) is 3.74. The molecule has 26 heavy (non-hydrogen) atoms. The lowest BCUT2D eigenvalue weighted by Gasteiger charge is -2.16. The first-order valence-electron chi connectivity index (χ1n) is 7.67. The summed E-state index contributed by atoms with van der Waals surface area (Å²) in [5, 5.41) is 0. The monoisotopic (exact) mass is 360 g/mol. The molecular weight excluding hydrogens is 345 g/mol. The van der Waals surface area contributed by atoms with Gasteiger partial charge in [-0.25, -0.2) is 14.8 Å². The summed E-state index contributed by atoms with van der Waals surface area (Å²) in [6.07, 6.45) is -3.07. The molecule has 1 aromatic carbocycles. The van der Waals surface area contributed by atoms with Crippen LogP contribution in [-0.4, -0.2) is 29.0 Å². The molecule has 0 aliphatic carbocycles. The van der Waals surface area contributed by atoms with Gasteiger partial charge < -0.3 is 9.88 Å². The maximum atomic E-state index is 13.2. The zero-order valence-electron chi connectivity index (χ0n) is 14.0. The first kappa shape index (κ1) is 17.7. The number of aromatic nitrogens is 3. The van der Waals surface area contributed by atoms with Crippen LogP contribution in [0.5, 0.6) is 0 Å². The number of rotatable bonds is 3. The second kappa shape index (κ2) is 6.62. The Hall–Kier alpha value is -3.16. The first-order chi connectivity index (χ1) is 12.2. The average molecular weight is 360 g/mol. The van der Waals surface area contributed by atoms with Crippen LogP contribution in [0.25, 0.3) is 22.5 Å². The van der Waals surface area contributed by atoms with Gasteiger partial charge in [0.15, 0.2) is 0 Å². The number of nitrogens with zero attached hydrogens (tertiary/aromatic N) is 3. The molecule has 3 aromatic rings. The van der Waals surface area contributed by atoms with Crippen LogP contribution in [0.15, 0.2) is 53.5 Å². The van der Waals surface area contributed by atoms with Crippen molar-refractivity contribution < 1.29 is 13.2 Å². The number of aromatic amines is 1. The van der Waals surface area contributed by atoms with Crippen molar-refractivity contribution in [3.05, 3.63) is 64.7 Å². The Morgan fingerprint density at radius 3 is 2.23 bits per heavy atom. The van der Waals surface area contributed by atoms with Crippen LogP contribution < -0.4 is 10.6 Å². The number of alkyl halides is 3. The molecule has 0 saturated heterocycles. The smallest absolute Gasteiger partial charge is 0.363 e. The van der Waals surface area contributed by atoms with Crippen molar-refractivity contribution in [2.75, 3.05) is 19.0 Å². The van der Waals surface area contributed by atoms with Crippen molar-refractivity contribution in [2.45, 2.75) is 6.18 Å². The van der Waals surface area contributed by atoms with Crippen molar-refractivity contribution in [3.63, 3.8) is 0 Å². The van der Waals surface area contributed by atoms with Crippen molar-refractivity contribution >= 4 is 5.82 Å². The minimum absolute atomic E-state index is 0.220. The largest absolute Gasteiger partial charge is 0.416 e. The molecule has 0 bridgehead atoms. The van der Waals surface area contributed by atoms with E-state index in [1.165, 1.54) is 11.1 Å². The van der Waals surface area contributed by atoms with Gasteiger partial charge in [0, 0.05) is 25.9 Å². The van der Waals surface area contributed by atoms with E-state index in [0.29, 0.717) is 16.8 Å². The van der Waals surface area contributed by atoms with Gasteiger partial charge in [0.05, 0.1) is 17.0 Å². The van der Waals surface area contributed by atoms with Gasteiger partial charge in [-0.15, -0.1) is 0 Å². The van der Waals surface area contributed by atoms with Gasteiger partial charge in [0.1, 0.15) is 5.82 Å². The fourth-order valence-electron chi connectivity index (χ4n) is 2.41. The molecule has 0 unspecified atom stereocenters. The van der Waals surface area contributed by atoms with Crippen LogP contribution in [0.3, 0.4) is 0 Å². The summed E-state index contributed by atoms with van der Waals surface area (Å²) in [6.45, 7) is 0. The van der Waals surface area contributed by atoms with Gasteiger partial charge in [0.25, 0.3) is 0 Å². The summed E-state index contributed by atoms with van der Waals surface area (Å²) < 4.78 is 39.5. The predicted octanol–water partition coefficient (Wildman–Crippen LogP) is 3.58. The van der Waals surface area contributed by atoms with E-state index in [1.54, 1.807) is 44.4 Å². The van der Waals surface area contributed by atoms with Crippen LogP contribution in [0.1, 0.15) is 5.56 Å². The molecule has 2 aromatic heterocycles. The molecule has 1 N–H and O–H groups in total. The molecule has 0 aliphatic heterocycles. The molecule has 0 spiro atoms. The summed E-state index contributed by atoms with van der Waals surface area (Å²) in [5.41, 5.74) is 0.823. The zero-order chi connectivity index (χ0) is 18.9. The molecule has 0 amide bonds. The van der Waals surface area contributed by atoms with Gasteiger partial charge in [-0.2, -0.15) is 13.2 Å². The molecule has 0 fully saturated rings. The van der Waals surface area contributed by atoms with Crippen LogP contribution in [0, 0.1) is 0 Å². The van der Waals surface area contributed by atoms with Crippen molar-refractivity contribution in [2.24, 2.45) is 0 Å². The maximum absolute atomic E-state index is 13.2. The minimum atomic E-state index is -4.46. The summed E-state index contributed by atoms with van der Waals surface area (Å²) in [5.74, 6) is 0.220. The Bertz CT molecular complexity index is 979. The fraction of sp³-hybridized carbons (Fsp3) is 0.167. The fourth-order valence-corrected chi connectivity index (χ4v) is 2.41. The quantitative estimate of drug-likeness (QED) is 0.776. The van der Waals surface area contributed by atoms with E-state index >= 15 is 0 Å². The van der Waals surface area contributed by atoms with Crippen LogP contribution in [-0.2, 0) is 6.18 Å². The molecular formula is C18H15F3N4O. The SMILES string of the molecule is CN(C)c1cc(C(F)(F)F)cc(-c2ccc(-c3ccnc(=O)[nH]3)cc2)n1. The Labute approximate surface area is 147 Å². The number of pyridine rings is 1. The van der Waals surface area contributed by atoms with Crippen LogP contribution in [0.2, 0.25) is 0 Å². The minimum Gasteiger partial charge on any atom is -0.363 e. The summed E-state index contributed by atoms with van der Waals surface area (Å²) in [6, 6.07) is 10.4. The zero-order valence-corrected chi connectivity index (χ0v) is 14.0. The number of benzene rings is 1. The number of H-pyrrole nitrogens is 1. The molecule has 5 nitrogen and oxygen atoms in total. The maximum Gasteiger partial charge on any atom is 0.416 e. The molecule has 0 atom stereocenters. The highest BCUT2D eigenvalue weighted by Crippen LogP contribution is 2.34. The molecule has 0 saturated carbocycles. The normalized spacial score (nSPS) is 11.4. The lowest BCUT2D eigenvalue weighted by molar-refractivity contribution is -0.137. The van der Waals surface area contributed by atoms with Gasteiger partial charge >= 0.3 is 11.9 Å². The molecule has 0 aliphatic rings.